The largest absolute Gasteiger partial charge is 1.00 e. The van der Waals surface area contributed by atoms with E-state index in [9.17, 15) is 8.76 Å². The van der Waals surface area contributed by atoms with Gasteiger partial charge in [0.05, 0.1) is 0 Å². The van der Waals surface area contributed by atoms with E-state index < -0.39 is 11.1 Å². The van der Waals surface area contributed by atoms with Gasteiger partial charge in [-0.1, -0.05) is 17.7 Å². The van der Waals surface area contributed by atoms with Gasteiger partial charge in [0, 0.05) is 4.90 Å². The van der Waals surface area contributed by atoms with E-state index in [1.54, 1.807) is 24.3 Å². The van der Waals surface area contributed by atoms with Crippen molar-refractivity contribution in [1.29, 1.82) is 0 Å². The molecule has 11 heavy (non-hydrogen) atoms. The molecule has 0 saturated heterocycles. The van der Waals surface area contributed by atoms with E-state index in [2.05, 4.69) is 0 Å². The van der Waals surface area contributed by atoms with Gasteiger partial charge in [-0.15, -0.1) is 0 Å². The summed E-state index contributed by atoms with van der Waals surface area (Å²) in [5.74, 6) is 0. The Bertz CT molecular complexity index is 250. The molecule has 1 rings (SSSR count). The second kappa shape index (κ2) is 5.58. The Balaban J connectivity index is 0. The minimum Gasteiger partial charge on any atom is -1.00 e. The second-order valence-electron chi connectivity index (χ2n) is 2.05. The smallest absolute Gasteiger partial charge is 1.00 e. The summed E-state index contributed by atoms with van der Waals surface area (Å²) >= 11 is -2.09. The first-order valence-corrected chi connectivity index (χ1v) is 3.93. The topological polar surface area (TPSA) is 40.1 Å². The minimum atomic E-state index is -2.09. The molecule has 1 atom stereocenters. The van der Waals surface area contributed by atoms with E-state index >= 15 is 0 Å². The summed E-state index contributed by atoms with van der Waals surface area (Å²) < 4.78 is 20.6. The molecule has 1 aromatic carbocycles. The second-order valence-corrected chi connectivity index (χ2v) is 2.99. The van der Waals surface area contributed by atoms with Crippen LogP contribution in [0.25, 0.3) is 0 Å². The van der Waals surface area contributed by atoms with Crippen LogP contribution in [0.15, 0.2) is 29.2 Å². The number of hydrogen-bond acceptors (Lipinski definition) is 2. The first-order valence-electron chi connectivity index (χ1n) is 2.86. The van der Waals surface area contributed by atoms with Gasteiger partial charge >= 0.3 is 51.4 Å². The fraction of sp³-hybridized carbons (Fsp3) is 0.143. The summed E-state index contributed by atoms with van der Waals surface area (Å²) in [6.45, 7) is 1.91. The van der Waals surface area contributed by atoms with Crippen LogP contribution in [0.1, 0.15) is 6.99 Å². The van der Waals surface area contributed by atoms with Crippen molar-refractivity contribution in [3.8, 4) is 0 Å². The average Bonchev–Trinajstić information content (AvgIpc) is 1.88. The van der Waals surface area contributed by atoms with Gasteiger partial charge in [-0.25, -0.2) is 0 Å². The van der Waals surface area contributed by atoms with Crippen molar-refractivity contribution in [3.05, 3.63) is 29.8 Å². The Morgan fingerprint density at radius 2 is 1.82 bits per heavy atom. The van der Waals surface area contributed by atoms with Gasteiger partial charge in [0.1, 0.15) is 0 Å². The fourth-order valence-corrected chi connectivity index (χ4v) is 1.01. The predicted octanol–water partition coefficient (Wildman–Crippen LogP) is -1.65. The molecule has 2 nitrogen and oxygen atoms in total. The third kappa shape index (κ3) is 3.94. The molecule has 0 N–H and O–H groups in total. The van der Waals surface area contributed by atoms with Gasteiger partial charge in [0.2, 0.25) is 0 Å². The number of hydrogen-bond donors (Lipinski definition) is 0. The van der Waals surface area contributed by atoms with Crippen LogP contribution in [0.4, 0.5) is 0 Å². The van der Waals surface area contributed by atoms with Crippen molar-refractivity contribution >= 4 is 11.1 Å². The van der Waals surface area contributed by atoms with Crippen LogP contribution in [0.2, 0.25) is 0 Å². The van der Waals surface area contributed by atoms with Gasteiger partial charge < -0.3 is 5.98 Å². The maximum absolute atomic E-state index is 10.3. The quantitative estimate of drug-likeness (QED) is 0.398. The van der Waals surface area contributed by atoms with Gasteiger partial charge in [0.25, 0.3) is 0 Å². The first-order chi connectivity index (χ1) is 4.70. The Hall–Kier alpha value is 0.966. The van der Waals surface area contributed by atoms with Crippen molar-refractivity contribution in [1.82, 2.24) is 0 Å². The maximum Gasteiger partial charge on any atom is 1.00 e. The maximum atomic E-state index is 10.3. The van der Waals surface area contributed by atoms with Gasteiger partial charge in [-0.3, -0.25) is 4.21 Å². The Morgan fingerprint density at radius 3 is 2.18 bits per heavy atom. The number of rotatable bonds is 1. The molecule has 4 heteroatoms. The first kappa shape index (κ1) is 12.0. The molecule has 0 heterocycles. The van der Waals surface area contributed by atoms with Crippen LogP contribution in [-0.2, 0) is 11.1 Å². The van der Waals surface area contributed by atoms with E-state index in [4.69, 9.17) is 0 Å². The molecule has 0 radical (unpaired) electrons. The van der Waals surface area contributed by atoms with E-state index in [-0.39, 0.29) is 52.8 Å². The van der Waals surface area contributed by atoms with Crippen LogP contribution in [-0.4, -0.2) is 8.76 Å². The summed E-state index contributed by atoms with van der Waals surface area (Å²) in [6, 6.07) is 6.70. The standard InChI is InChI=1S/C7H8O2S.K.H/c1-6-2-4-7(5-3-6)10(8)9;;/h2-5H,1H3,(H,8,9);;/q;+1;-1/p-1. The SMILES string of the molecule is Cc1ccc(S(=O)[O-])cc1.[H-].[K+]. The van der Waals surface area contributed by atoms with Crippen LogP contribution in [0.5, 0.6) is 0 Å². The van der Waals surface area contributed by atoms with Crippen molar-refractivity contribution in [2.45, 2.75) is 11.8 Å². The van der Waals surface area contributed by atoms with Gasteiger partial charge in [-0.05, 0) is 30.1 Å². The van der Waals surface area contributed by atoms with Crippen molar-refractivity contribution in [2.75, 3.05) is 0 Å². The molecule has 0 aliphatic heterocycles. The molecule has 1 aromatic rings. The van der Waals surface area contributed by atoms with Crippen LogP contribution >= 0.6 is 0 Å². The molecular weight excluding hydrogens is 187 g/mol. The zero-order valence-corrected chi connectivity index (χ0v) is 10.5. The Kier molecular flexibility index (Phi) is 6.07. The predicted molar refractivity (Wildman–Crippen MR) is 39.5 cm³/mol. The molecular formula is C7H8KO2S-. The van der Waals surface area contributed by atoms with Crippen LogP contribution in [0.3, 0.4) is 0 Å². The molecule has 0 aromatic heterocycles. The summed E-state index contributed by atoms with van der Waals surface area (Å²) in [5.41, 5.74) is 1.06. The third-order valence-corrected chi connectivity index (χ3v) is 1.87. The summed E-state index contributed by atoms with van der Waals surface area (Å²) in [5, 5.41) is 0. The normalized spacial score (nSPS) is 11.8. The van der Waals surface area contributed by atoms with E-state index in [1.807, 2.05) is 6.92 Å². The fourth-order valence-electron chi connectivity index (χ4n) is 0.649. The molecule has 0 saturated carbocycles. The molecule has 0 aliphatic rings. The molecule has 56 valence electrons. The van der Waals surface area contributed by atoms with Crippen molar-refractivity contribution in [3.63, 3.8) is 0 Å². The average molecular weight is 195 g/mol. The Labute approximate surface area is 113 Å². The zero-order chi connectivity index (χ0) is 7.56. The van der Waals surface area contributed by atoms with E-state index in [0.29, 0.717) is 4.90 Å². The molecule has 0 aliphatic carbocycles. The summed E-state index contributed by atoms with van der Waals surface area (Å²) in [4.78, 5) is 0.339. The van der Waals surface area contributed by atoms with Crippen molar-refractivity contribution in [2.24, 2.45) is 0 Å². The monoisotopic (exact) mass is 195 g/mol. The third-order valence-electron chi connectivity index (χ3n) is 1.21. The molecule has 0 fully saturated rings. The van der Waals surface area contributed by atoms with Gasteiger partial charge in [0.15, 0.2) is 0 Å². The molecule has 0 bridgehead atoms. The Morgan fingerprint density at radius 1 is 1.36 bits per heavy atom. The molecule has 1 unspecified atom stereocenters. The van der Waals surface area contributed by atoms with Crippen LogP contribution in [0, 0.1) is 6.92 Å². The van der Waals surface area contributed by atoms with Crippen molar-refractivity contribution < 1.29 is 61.6 Å². The molecule has 0 amide bonds. The van der Waals surface area contributed by atoms with E-state index in [0.717, 1.165) is 5.56 Å². The summed E-state index contributed by atoms with van der Waals surface area (Å²) in [6.07, 6.45) is 0. The van der Waals surface area contributed by atoms with E-state index in [1.165, 1.54) is 0 Å². The minimum absolute atomic E-state index is 0. The summed E-state index contributed by atoms with van der Waals surface area (Å²) in [7, 11) is 0. The number of benzene rings is 1. The van der Waals surface area contributed by atoms with Crippen LogP contribution < -0.4 is 51.4 Å². The number of aryl methyl sites for hydroxylation is 1. The molecule has 0 spiro atoms. The van der Waals surface area contributed by atoms with Gasteiger partial charge in [-0.2, -0.15) is 0 Å². The zero-order valence-electron chi connectivity index (χ0n) is 7.53.